The van der Waals surface area contributed by atoms with Crippen molar-refractivity contribution >= 4 is 16.7 Å². The monoisotopic (exact) mass is 434 g/mol. The molecule has 0 bridgehead atoms. The van der Waals surface area contributed by atoms with Gasteiger partial charge in [0.2, 0.25) is 0 Å². The molecule has 1 fully saturated rings. The van der Waals surface area contributed by atoms with Gasteiger partial charge in [-0.15, -0.1) is 0 Å². The number of nitrogens with one attached hydrogen (secondary N) is 1. The first-order chi connectivity index (χ1) is 16.3. The molecule has 1 amide bonds. The Balaban J connectivity index is 1.25. The number of nitrogens with zero attached hydrogens (tertiary/aromatic N) is 1. The molecule has 1 saturated heterocycles. The number of likely N-dealkylation sites (tertiary alicyclic amines) is 1. The molecule has 0 aromatic heterocycles. The minimum atomic E-state index is -0.0478. The second-order valence-electron chi connectivity index (χ2n) is 8.94. The standard InChI is InChI=1S/C30H30N2O/c33-30(26-15-13-25(14-16-26)24-8-3-1-4-9-24)31-21-28-11-7-10-27-20-23(12-17-29(27)28)22-32-18-5-2-6-19-32/h1,3-4,7-17,20H,2,5-6,18-19,21-22H2,(H,31,33). The number of piperidine rings is 1. The highest BCUT2D eigenvalue weighted by Gasteiger charge is 2.12. The molecule has 166 valence electrons. The van der Waals surface area contributed by atoms with Gasteiger partial charge in [0.1, 0.15) is 0 Å². The van der Waals surface area contributed by atoms with Gasteiger partial charge in [-0.05, 0) is 77.2 Å². The van der Waals surface area contributed by atoms with Crippen molar-refractivity contribution in [2.75, 3.05) is 13.1 Å². The smallest absolute Gasteiger partial charge is 0.251 e. The highest BCUT2D eigenvalue weighted by atomic mass is 16.1. The maximum atomic E-state index is 12.8. The van der Waals surface area contributed by atoms with E-state index in [1.165, 1.54) is 48.7 Å². The van der Waals surface area contributed by atoms with E-state index in [0.29, 0.717) is 12.1 Å². The SMILES string of the molecule is O=C(NCc1cccc2cc(CN3CCCCC3)ccc12)c1ccc(-c2ccccc2)cc1. The molecule has 0 atom stereocenters. The van der Waals surface area contributed by atoms with Gasteiger partial charge in [0.05, 0.1) is 0 Å². The van der Waals surface area contributed by atoms with Crippen LogP contribution in [0.1, 0.15) is 40.7 Å². The Morgan fingerprint density at radius 3 is 2.30 bits per heavy atom. The van der Waals surface area contributed by atoms with E-state index in [0.717, 1.165) is 23.2 Å². The zero-order valence-electron chi connectivity index (χ0n) is 19.0. The number of carbonyl (C=O) groups excluding carboxylic acids is 1. The summed E-state index contributed by atoms with van der Waals surface area (Å²) < 4.78 is 0. The third-order valence-electron chi connectivity index (χ3n) is 6.58. The first kappa shape index (κ1) is 21.4. The van der Waals surface area contributed by atoms with Crippen LogP contribution in [0.2, 0.25) is 0 Å². The zero-order chi connectivity index (χ0) is 22.5. The van der Waals surface area contributed by atoms with Gasteiger partial charge in [-0.25, -0.2) is 0 Å². The maximum absolute atomic E-state index is 12.8. The normalized spacial score (nSPS) is 14.3. The van der Waals surface area contributed by atoms with E-state index in [1.54, 1.807) is 0 Å². The lowest BCUT2D eigenvalue weighted by atomic mass is 10.0. The fourth-order valence-corrected chi connectivity index (χ4v) is 4.75. The fourth-order valence-electron chi connectivity index (χ4n) is 4.75. The number of hydrogen-bond acceptors (Lipinski definition) is 2. The predicted molar refractivity (Wildman–Crippen MR) is 136 cm³/mol. The summed E-state index contributed by atoms with van der Waals surface area (Å²) in [7, 11) is 0. The van der Waals surface area contributed by atoms with E-state index in [2.05, 4.69) is 58.7 Å². The molecule has 0 spiro atoms. The van der Waals surface area contributed by atoms with Gasteiger partial charge < -0.3 is 5.32 Å². The Hall–Kier alpha value is -3.43. The summed E-state index contributed by atoms with van der Waals surface area (Å²) in [5.74, 6) is -0.0478. The molecular formula is C30H30N2O. The molecule has 0 saturated carbocycles. The third kappa shape index (κ3) is 5.15. The first-order valence-corrected chi connectivity index (χ1v) is 11.9. The Morgan fingerprint density at radius 1 is 0.758 bits per heavy atom. The average Bonchev–Trinajstić information content (AvgIpc) is 2.88. The van der Waals surface area contributed by atoms with Crippen LogP contribution < -0.4 is 5.32 Å². The van der Waals surface area contributed by atoms with Crippen molar-refractivity contribution in [3.05, 3.63) is 108 Å². The molecule has 1 aliphatic rings. The van der Waals surface area contributed by atoms with Crippen LogP contribution >= 0.6 is 0 Å². The zero-order valence-corrected chi connectivity index (χ0v) is 19.0. The molecule has 4 aromatic rings. The molecule has 3 nitrogen and oxygen atoms in total. The summed E-state index contributed by atoms with van der Waals surface area (Å²) in [5.41, 5.74) is 5.45. The van der Waals surface area contributed by atoms with E-state index < -0.39 is 0 Å². The molecular weight excluding hydrogens is 404 g/mol. The Labute approximate surface area is 196 Å². The molecule has 1 aliphatic heterocycles. The molecule has 33 heavy (non-hydrogen) atoms. The lowest BCUT2D eigenvalue weighted by Crippen LogP contribution is -2.29. The summed E-state index contributed by atoms with van der Waals surface area (Å²) in [6, 6.07) is 31.1. The number of benzene rings is 4. The van der Waals surface area contributed by atoms with Crippen molar-refractivity contribution in [2.45, 2.75) is 32.4 Å². The highest BCUT2D eigenvalue weighted by Crippen LogP contribution is 2.23. The van der Waals surface area contributed by atoms with Crippen LogP contribution in [-0.2, 0) is 13.1 Å². The van der Waals surface area contributed by atoms with Crippen LogP contribution in [0, 0.1) is 0 Å². The van der Waals surface area contributed by atoms with E-state index in [9.17, 15) is 4.79 Å². The molecule has 3 heteroatoms. The molecule has 1 heterocycles. The van der Waals surface area contributed by atoms with E-state index in [1.807, 2.05) is 42.5 Å². The van der Waals surface area contributed by atoms with Gasteiger partial charge in [0, 0.05) is 18.7 Å². The van der Waals surface area contributed by atoms with Crippen LogP contribution in [0.3, 0.4) is 0 Å². The summed E-state index contributed by atoms with van der Waals surface area (Å²) >= 11 is 0. The number of fused-ring (bicyclic) bond motifs is 1. The number of hydrogen-bond donors (Lipinski definition) is 1. The van der Waals surface area contributed by atoms with Gasteiger partial charge in [-0.3, -0.25) is 9.69 Å². The second-order valence-corrected chi connectivity index (χ2v) is 8.94. The summed E-state index contributed by atoms with van der Waals surface area (Å²) in [4.78, 5) is 15.3. The highest BCUT2D eigenvalue weighted by molar-refractivity contribution is 5.95. The number of rotatable bonds is 6. The van der Waals surface area contributed by atoms with Crippen LogP contribution in [-0.4, -0.2) is 23.9 Å². The largest absolute Gasteiger partial charge is 0.348 e. The van der Waals surface area contributed by atoms with Crippen molar-refractivity contribution in [1.82, 2.24) is 10.2 Å². The van der Waals surface area contributed by atoms with Crippen LogP contribution in [0.4, 0.5) is 0 Å². The van der Waals surface area contributed by atoms with E-state index in [-0.39, 0.29) is 5.91 Å². The van der Waals surface area contributed by atoms with Gasteiger partial charge in [-0.2, -0.15) is 0 Å². The number of carbonyl (C=O) groups is 1. The van der Waals surface area contributed by atoms with Crippen molar-refractivity contribution < 1.29 is 4.79 Å². The molecule has 1 N–H and O–H groups in total. The summed E-state index contributed by atoms with van der Waals surface area (Å²) in [5, 5.41) is 5.55. The van der Waals surface area contributed by atoms with Crippen molar-refractivity contribution in [3.8, 4) is 11.1 Å². The van der Waals surface area contributed by atoms with Crippen LogP contribution in [0.15, 0.2) is 91.0 Å². The lowest BCUT2D eigenvalue weighted by molar-refractivity contribution is 0.0951. The third-order valence-corrected chi connectivity index (χ3v) is 6.58. The maximum Gasteiger partial charge on any atom is 0.251 e. The molecule has 0 aliphatic carbocycles. The molecule has 5 rings (SSSR count). The fraction of sp³-hybridized carbons (Fsp3) is 0.233. The predicted octanol–water partition coefficient (Wildman–Crippen LogP) is 6.42. The minimum absolute atomic E-state index is 0.0478. The molecule has 0 unspecified atom stereocenters. The number of amides is 1. The topological polar surface area (TPSA) is 32.3 Å². The van der Waals surface area contributed by atoms with Gasteiger partial charge in [0.25, 0.3) is 5.91 Å². The Morgan fingerprint density at radius 2 is 1.52 bits per heavy atom. The van der Waals surface area contributed by atoms with Crippen LogP contribution in [0.25, 0.3) is 21.9 Å². The minimum Gasteiger partial charge on any atom is -0.348 e. The Kier molecular flexibility index (Phi) is 6.50. The van der Waals surface area contributed by atoms with Crippen molar-refractivity contribution in [1.29, 1.82) is 0 Å². The lowest BCUT2D eigenvalue weighted by Gasteiger charge is -2.26. The molecule has 4 aromatic carbocycles. The summed E-state index contributed by atoms with van der Waals surface area (Å²) in [6.07, 6.45) is 3.99. The van der Waals surface area contributed by atoms with E-state index in [4.69, 9.17) is 0 Å². The Bertz CT molecular complexity index is 1230. The van der Waals surface area contributed by atoms with Gasteiger partial charge >= 0.3 is 0 Å². The molecule has 0 radical (unpaired) electrons. The van der Waals surface area contributed by atoms with Crippen molar-refractivity contribution in [2.24, 2.45) is 0 Å². The van der Waals surface area contributed by atoms with Gasteiger partial charge in [0.15, 0.2) is 0 Å². The van der Waals surface area contributed by atoms with E-state index >= 15 is 0 Å². The van der Waals surface area contributed by atoms with Crippen molar-refractivity contribution in [3.63, 3.8) is 0 Å². The first-order valence-electron chi connectivity index (χ1n) is 11.9. The quantitative estimate of drug-likeness (QED) is 0.380. The second kappa shape index (κ2) is 10.0. The average molecular weight is 435 g/mol. The summed E-state index contributed by atoms with van der Waals surface area (Å²) in [6.45, 7) is 3.95. The van der Waals surface area contributed by atoms with Crippen LogP contribution in [0.5, 0.6) is 0 Å². The van der Waals surface area contributed by atoms with Gasteiger partial charge in [-0.1, -0.05) is 79.2 Å².